The zero-order valence-electron chi connectivity index (χ0n) is 18.7. The number of aryl methyl sites for hydroxylation is 2. The molecule has 7 heteroatoms. The van der Waals surface area contributed by atoms with Gasteiger partial charge in [0.1, 0.15) is 11.8 Å². The molecule has 1 amide bonds. The number of benzene rings is 2. The Balaban J connectivity index is 1.78. The first kappa shape index (κ1) is 23.1. The number of anilines is 2. The number of nitrogens with one attached hydrogen (secondary N) is 1. The van der Waals surface area contributed by atoms with Crippen molar-refractivity contribution in [2.24, 2.45) is 0 Å². The molecule has 0 bridgehead atoms. The van der Waals surface area contributed by atoms with Gasteiger partial charge in [0.05, 0.1) is 18.0 Å². The van der Waals surface area contributed by atoms with Gasteiger partial charge in [-0.15, -0.1) is 0 Å². The van der Waals surface area contributed by atoms with E-state index in [1.807, 2.05) is 39.0 Å². The van der Waals surface area contributed by atoms with Crippen LogP contribution in [0.15, 0.2) is 42.5 Å². The van der Waals surface area contributed by atoms with Crippen molar-refractivity contribution < 1.29 is 17.9 Å². The summed E-state index contributed by atoms with van der Waals surface area (Å²) in [6, 6.07) is 12.0. The third kappa shape index (κ3) is 6.00. The van der Waals surface area contributed by atoms with Crippen molar-refractivity contribution in [3.05, 3.63) is 53.6 Å². The highest BCUT2D eigenvalue weighted by atomic mass is 32.2. The molecule has 1 N–H and O–H groups in total. The Kier molecular flexibility index (Phi) is 7.26. The monoisotopic (exact) mass is 444 g/mol. The van der Waals surface area contributed by atoms with Gasteiger partial charge in [-0.05, 0) is 93.5 Å². The molecule has 0 spiro atoms. The van der Waals surface area contributed by atoms with Gasteiger partial charge in [0.2, 0.25) is 15.9 Å². The molecule has 0 aromatic heterocycles. The van der Waals surface area contributed by atoms with Gasteiger partial charge >= 0.3 is 0 Å². The van der Waals surface area contributed by atoms with E-state index in [0.717, 1.165) is 36.0 Å². The molecule has 1 aliphatic carbocycles. The average molecular weight is 445 g/mol. The lowest BCUT2D eigenvalue weighted by Gasteiger charge is -2.30. The number of amides is 1. The Bertz CT molecular complexity index is 992. The number of hydrogen-bond acceptors (Lipinski definition) is 4. The summed E-state index contributed by atoms with van der Waals surface area (Å²) in [5.74, 6) is 0.418. The predicted octanol–water partition coefficient (Wildman–Crippen LogP) is 4.81. The third-order valence-corrected chi connectivity index (χ3v) is 6.70. The van der Waals surface area contributed by atoms with Crippen molar-refractivity contribution in [2.45, 2.75) is 65.0 Å². The van der Waals surface area contributed by atoms with E-state index in [4.69, 9.17) is 4.74 Å². The van der Waals surface area contributed by atoms with Crippen LogP contribution < -0.4 is 14.4 Å². The summed E-state index contributed by atoms with van der Waals surface area (Å²) in [6.07, 6.45) is 6.31. The van der Waals surface area contributed by atoms with Gasteiger partial charge in [-0.2, -0.15) is 0 Å². The maximum Gasteiger partial charge on any atom is 0.248 e. The van der Waals surface area contributed by atoms with Crippen LogP contribution in [0.4, 0.5) is 11.4 Å². The number of ether oxygens (including phenoxy) is 1. The first-order valence-corrected chi connectivity index (χ1v) is 12.7. The molecule has 1 atom stereocenters. The molecule has 6 nitrogen and oxygen atoms in total. The Morgan fingerprint density at radius 2 is 1.68 bits per heavy atom. The van der Waals surface area contributed by atoms with Crippen molar-refractivity contribution in [3.63, 3.8) is 0 Å². The van der Waals surface area contributed by atoms with E-state index in [0.29, 0.717) is 17.8 Å². The second kappa shape index (κ2) is 9.73. The third-order valence-electron chi connectivity index (χ3n) is 5.52. The van der Waals surface area contributed by atoms with Crippen LogP contribution in [0.3, 0.4) is 0 Å². The minimum atomic E-state index is -3.67. The Morgan fingerprint density at radius 3 is 2.19 bits per heavy atom. The van der Waals surface area contributed by atoms with Crippen LogP contribution >= 0.6 is 0 Å². The quantitative estimate of drug-likeness (QED) is 0.634. The molecule has 0 radical (unpaired) electrons. The topological polar surface area (TPSA) is 75.7 Å². The number of sulfonamides is 1. The highest BCUT2D eigenvalue weighted by molar-refractivity contribution is 7.92. The van der Waals surface area contributed by atoms with Crippen molar-refractivity contribution in [1.29, 1.82) is 0 Å². The zero-order chi connectivity index (χ0) is 22.6. The van der Waals surface area contributed by atoms with Crippen LogP contribution in [-0.4, -0.2) is 32.7 Å². The summed E-state index contributed by atoms with van der Waals surface area (Å²) in [7, 11) is -3.67. The lowest BCUT2D eigenvalue weighted by molar-refractivity contribution is -0.117. The molecule has 3 rings (SSSR count). The molecule has 1 saturated carbocycles. The number of carbonyl (C=O) groups excluding carboxylic acids is 1. The minimum absolute atomic E-state index is 0.269. The lowest BCUT2D eigenvalue weighted by Crippen LogP contribution is -2.47. The Labute approximate surface area is 185 Å². The van der Waals surface area contributed by atoms with Crippen molar-refractivity contribution in [1.82, 2.24) is 0 Å². The van der Waals surface area contributed by atoms with Crippen molar-refractivity contribution >= 4 is 27.3 Å². The number of nitrogens with zero attached hydrogens (tertiary/aromatic N) is 1. The molecule has 0 aliphatic heterocycles. The molecule has 1 fully saturated rings. The van der Waals surface area contributed by atoms with Crippen molar-refractivity contribution in [2.75, 3.05) is 15.9 Å². The summed E-state index contributed by atoms with van der Waals surface area (Å²) in [6.45, 7) is 5.63. The lowest BCUT2D eigenvalue weighted by atomic mass is 10.1. The normalized spacial score (nSPS) is 15.5. The molecule has 2 aromatic carbocycles. The molecule has 0 saturated heterocycles. The zero-order valence-corrected chi connectivity index (χ0v) is 19.5. The number of rotatable bonds is 8. The Morgan fingerprint density at radius 1 is 1.10 bits per heavy atom. The minimum Gasteiger partial charge on any atom is -0.490 e. The van der Waals surface area contributed by atoms with Gasteiger partial charge in [-0.25, -0.2) is 8.42 Å². The summed E-state index contributed by atoms with van der Waals surface area (Å²) >= 11 is 0. The van der Waals surface area contributed by atoms with E-state index in [1.54, 1.807) is 24.3 Å². The van der Waals surface area contributed by atoms with Crippen LogP contribution in [0.1, 0.15) is 50.2 Å². The molecule has 31 heavy (non-hydrogen) atoms. The summed E-state index contributed by atoms with van der Waals surface area (Å²) < 4.78 is 32.5. The first-order chi connectivity index (χ1) is 14.7. The van der Waals surface area contributed by atoms with E-state index >= 15 is 0 Å². The largest absolute Gasteiger partial charge is 0.490 e. The molecular weight excluding hydrogens is 412 g/mol. The summed E-state index contributed by atoms with van der Waals surface area (Å²) in [5, 5.41) is 2.86. The number of carbonyl (C=O) groups is 1. The van der Waals surface area contributed by atoms with Crippen LogP contribution in [0, 0.1) is 13.8 Å². The SMILES string of the molecule is CC[C@H](C(=O)Nc1ccc(OC2CCCC2)cc1)N(c1cc(C)cc(C)c1)S(C)(=O)=O. The first-order valence-electron chi connectivity index (χ1n) is 10.8. The molecule has 0 heterocycles. The van der Waals surface area contributed by atoms with Gasteiger partial charge < -0.3 is 10.1 Å². The molecule has 2 aromatic rings. The highest BCUT2D eigenvalue weighted by Crippen LogP contribution is 2.27. The second-order valence-electron chi connectivity index (χ2n) is 8.37. The molecular formula is C24H32N2O4S. The fourth-order valence-electron chi connectivity index (χ4n) is 4.18. The average Bonchev–Trinajstić information content (AvgIpc) is 3.18. The fraction of sp³-hybridized carbons (Fsp3) is 0.458. The van der Waals surface area contributed by atoms with E-state index in [9.17, 15) is 13.2 Å². The van der Waals surface area contributed by atoms with E-state index < -0.39 is 16.1 Å². The van der Waals surface area contributed by atoms with Gasteiger partial charge in [0, 0.05) is 5.69 Å². The maximum absolute atomic E-state index is 13.1. The number of hydrogen-bond donors (Lipinski definition) is 1. The molecule has 168 valence electrons. The smallest absolute Gasteiger partial charge is 0.248 e. The summed E-state index contributed by atoms with van der Waals surface area (Å²) in [5.41, 5.74) is 2.99. The fourth-order valence-corrected chi connectivity index (χ4v) is 5.37. The molecule has 1 aliphatic rings. The second-order valence-corrected chi connectivity index (χ2v) is 10.2. The highest BCUT2D eigenvalue weighted by Gasteiger charge is 2.31. The predicted molar refractivity (Wildman–Crippen MR) is 125 cm³/mol. The summed E-state index contributed by atoms with van der Waals surface area (Å²) in [4.78, 5) is 13.1. The van der Waals surface area contributed by atoms with Gasteiger partial charge in [0.15, 0.2) is 0 Å². The van der Waals surface area contributed by atoms with E-state index in [2.05, 4.69) is 5.32 Å². The van der Waals surface area contributed by atoms with E-state index in [1.165, 1.54) is 17.1 Å². The van der Waals surface area contributed by atoms with Gasteiger partial charge in [-0.1, -0.05) is 13.0 Å². The van der Waals surface area contributed by atoms with E-state index in [-0.39, 0.29) is 12.0 Å². The standard InChI is InChI=1S/C24H32N2O4S/c1-5-23(26(31(4,28)29)20-15-17(2)14-18(3)16-20)24(27)25-19-10-12-22(13-11-19)30-21-8-6-7-9-21/h10-16,21,23H,5-9H2,1-4H3,(H,25,27)/t23-/m1/s1. The van der Waals surface area contributed by atoms with Crippen LogP contribution in [0.2, 0.25) is 0 Å². The molecule has 0 unspecified atom stereocenters. The Hall–Kier alpha value is -2.54. The van der Waals surface area contributed by atoms with Gasteiger partial charge in [-0.3, -0.25) is 9.10 Å². The van der Waals surface area contributed by atoms with Crippen molar-refractivity contribution in [3.8, 4) is 5.75 Å². The van der Waals surface area contributed by atoms with Crippen LogP contribution in [0.25, 0.3) is 0 Å². The van der Waals surface area contributed by atoms with Crippen LogP contribution in [0.5, 0.6) is 5.75 Å². The maximum atomic E-state index is 13.1. The van der Waals surface area contributed by atoms with Crippen LogP contribution in [-0.2, 0) is 14.8 Å². The van der Waals surface area contributed by atoms with Gasteiger partial charge in [0.25, 0.3) is 0 Å².